The van der Waals surface area contributed by atoms with Crippen LogP contribution in [-0.4, -0.2) is 34.0 Å². The van der Waals surface area contributed by atoms with Crippen molar-refractivity contribution in [1.82, 2.24) is 4.72 Å². The molecule has 3 aromatic carbocycles. The molecule has 1 amide bonds. The Morgan fingerprint density at radius 1 is 1.10 bits per heavy atom. The number of rotatable bonds is 7. The smallest absolute Gasteiger partial charge is 0.326 e. The lowest BCUT2D eigenvalue weighted by molar-refractivity contribution is -0.117. The summed E-state index contributed by atoms with van der Waals surface area (Å²) in [6.45, 7) is 0.0799. The van der Waals surface area contributed by atoms with Gasteiger partial charge in [0.2, 0.25) is 0 Å². The van der Waals surface area contributed by atoms with Crippen LogP contribution in [0.3, 0.4) is 0 Å². The van der Waals surface area contributed by atoms with Crippen molar-refractivity contribution in [2.24, 2.45) is 5.73 Å². The fourth-order valence-electron chi connectivity index (χ4n) is 3.29. The minimum Gasteiger partial charge on any atom is -0.492 e. The Morgan fingerprint density at radius 2 is 1.87 bits per heavy atom. The second-order valence-electron chi connectivity index (χ2n) is 6.87. The van der Waals surface area contributed by atoms with Crippen molar-refractivity contribution in [2.45, 2.75) is 6.61 Å². The molecule has 1 aliphatic rings. The molecular weight excluding hydrogens is 425 g/mol. The van der Waals surface area contributed by atoms with Crippen LogP contribution >= 0.6 is 0 Å². The Kier molecular flexibility index (Phi) is 5.66. The van der Waals surface area contributed by atoms with Gasteiger partial charge >= 0.3 is 10.2 Å². The summed E-state index contributed by atoms with van der Waals surface area (Å²) in [6.07, 6.45) is 0. The summed E-state index contributed by atoms with van der Waals surface area (Å²) in [7, 11) is -4.24. The molecular formula is C21H20FN3O5S. The van der Waals surface area contributed by atoms with Crippen LogP contribution in [0.5, 0.6) is 11.5 Å². The molecule has 0 saturated carbocycles. The average molecular weight is 445 g/mol. The maximum atomic E-state index is 15.7. The quantitative estimate of drug-likeness (QED) is 0.576. The van der Waals surface area contributed by atoms with Gasteiger partial charge in [0.15, 0.2) is 5.82 Å². The van der Waals surface area contributed by atoms with Gasteiger partial charge in [-0.1, -0.05) is 36.4 Å². The predicted octanol–water partition coefficient (Wildman–Crippen LogP) is 2.08. The first kappa shape index (κ1) is 20.9. The largest absolute Gasteiger partial charge is 0.492 e. The molecule has 31 heavy (non-hydrogen) atoms. The molecule has 0 aromatic heterocycles. The molecule has 0 unspecified atom stereocenters. The van der Waals surface area contributed by atoms with Crippen LogP contribution in [0.2, 0.25) is 0 Å². The van der Waals surface area contributed by atoms with Crippen LogP contribution in [0, 0.1) is 5.82 Å². The highest BCUT2D eigenvalue weighted by atomic mass is 32.2. The van der Waals surface area contributed by atoms with Gasteiger partial charge in [0.1, 0.15) is 36.9 Å². The number of amides is 1. The van der Waals surface area contributed by atoms with Gasteiger partial charge in [-0.2, -0.15) is 8.42 Å². The number of anilines is 1. The normalized spacial score (nSPS) is 15.2. The summed E-state index contributed by atoms with van der Waals surface area (Å²) in [4.78, 5) is 11.8. The third-order valence-corrected chi connectivity index (χ3v) is 6.06. The van der Waals surface area contributed by atoms with Crippen LogP contribution in [-0.2, 0) is 21.6 Å². The molecule has 1 heterocycles. The van der Waals surface area contributed by atoms with E-state index in [4.69, 9.17) is 15.2 Å². The number of hydrogen-bond acceptors (Lipinski definition) is 6. The van der Waals surface area contributed by atoms with Crippen LogP contribution in [0.25, 0.3) is 10.8 Å². The van der Waals surface area contributed by atoms with E-state index in [0.717, 1.165) is 5.56 Å². The molecule has 8 nitrogen and oxygen atoms in total. The molecule has 3 N–H and O–H groups in total. The molecule has 1 saturated heterocycles. The van der Waals surface area contributed by atoms with Crippen LogP contribution in [0.4, 0.5) is 10.1 Å². The number of carbonyl (C=O) groups is 1. The van der Waals surface area contributed by atoms with Crippen molar-refractivity contribution in [2.75, 3.05) is 24.0 Å². The van der Waals surface area contributed by atoms with E-state index in [1.165, 1.54) is 6.07 Å². The highest BCUT2D eigenvalue weighted by Crippen LogP contribution is 2.40. The molecule has 1 fully saturated rings. The zero-order chi connectivity index (χ0) is 22.0. The van der Waals surface area contributed by atoms with E-state index in [9.17, 15) is 13.2 Å². The SMILES string of the molecule is NCCOc1ccc2cc(OCc3ccccc3)c(N3CC(=O)NS3(=O)=O)c(F)c2c1. The van der Waals surface area contributed by atoms with Gasteiger partial charge in [-0.15, -0.1) is 0 Å². The lowest BCUT2D eigenvalue weighted by atomic mass is 10.1. The van der Waals surface area contributed by atoms with E-state index in [-0.39, 0.29) is 36.6 Å². The Balaban J connectivity index is 1.82. The first-order valence-electron chi connectivity index (χ1n) is 9.48. The van der Waals surface area contributed by atoms with Crippen molar-refractivity contribution >= 4 is 32.6 Å². The number of halogens is 1. The van der Waals surface area contributed by atoms with Crippen molar-refractivity contribution in [3.63, 3.8) is 0 Å². The maximum absolute atomic E-state index is 15.7. The minimum absolute atomic E-state index is 0.00422. The summed E-state index contributed by atoms with van der Waals surface area (Å²) in [6, 6.07) is 15.5. The zero-order valence-corrected chi connectivity index (χ0v) is 17.2. The van der Waals surface area contributed by atoms with Gasteiger partial charge in [0.05, 0.1) is 0 Å². The van der Waals surface area contributed by atoms with Gasteiger partial charge in [-0.05, 0) is 29.1 Å². The third kappa shape index (κ3) is 4.25. The number of nitrogens with zero attached hydrogens (tertiary/aromatic N) is 1. The molecule has 0 aliphatic carbocycles. The molecule has 10 heteroatoms. The van der Waals surface area contributed by atoms with Gasteiger partial charge in [-0.3, -0.25) is 4.79 Å². The Labute approximate surface area is 178 Å². The molecule has 162 valence electrons. The summed E-state index contributed by atoms with van der Waals surface area (Å²) in [5, 5.41) is 0.617. The average Bonchev–Trinajstić information content (AvgIpc) is 3.03. The molecule has 0 spiro atoms. The number of carbonyl (C=O) groups excluding carboxylic acids is 1. The number of ether oxygens (including phenoxy) is 2. The second kappa shape index (κ2) is 8.40. The highest BCUT2D eigenvalue weighted by Gasteiger charge is 2.38. The Hall–Kier alpha value is -3.37. The van der Waals surface area contributed by atoms with Gasteiger partial charge in [0.25, 0.3) is 5.91 Å². The molecule has 0 atom stereocenters. The first-order valence-corrected chi connectivity index (χ1v) is 10.9. The topological polar surface area (TPSA) is 111 Å². The van der Waals surface area contributed by atoms with Crippen LogP contribution < -0.4 is 24.2 Å². The molecule has 4 rings (SSSR count). The number of benzene rings is 3. The zero-order valence-electron chi connectivity index (χ0n) is 16.4. The highest BCUT2D eigenvalue weighted by molar-refractivity contribution is 7.92. The van der Waals surface area contributed by atoms with E-state index in [1.807, 2.05) is 35.1 Å². The van der Waals surface area contributed by atoms with Crippen molar-refractivity contribution in [3.8, 4) is 11.5 Å². The molecule has 0 bridgehead atoms. The van der Waals surface area contributed by atoms with Crippen molar-refractivity contribution in [3.05, 3.63) is 66.0 Å². The summed E-state index contributed by atoms with van der Waals surface area (Å²) < 4.78 is 54.3. The summed E-state index contributed by atoms with van der Waals surface area (Å²) in [5.74, 6) is -1.20. The first-order chi connectivity index (χ1) is 14.9. The number of nitrogens with one attached hydrogen (secondary N) is 1. The lowest BCUT2D eigenvalue weighted by Gasteiger charge is -2.21. The van der Waals surface area contributed by atoms with Crippen LogP contribution in [0.1, 0.15) is 5.56 Å². The molecule has 0 radical (unpaired) electrons. The van der Waals surface area contributed by atoms with Gasteiger partial charge in [-0.25, -0.2) is 13.4 Å². The fraction of sp³-hybridized carbons (Fsp3) is 0.190. The Morgan fingerprint density at radius 3 is 2.55 bits per heavy atom. The van der Waals surface area contributed by atoms with Crippen LogP contribution in [0.15, 0.2) is 54.6 Å². The number of nitrogens with two attached hydrogens (primary N) is 1. The maximum Gasteiger partial charge on any atom is 0.326 e. The molecule has 3 aromatic rings. The van der Waals surface area contributed by atoms with Gasteiger partial charge < -0.3 is 15.2 Å². The van der Waals surface area contributed by atoms with Gasteiger partial charge in [0, 0.05) is 11.9 Å². The lowest BCUT2D eigenvalue weighted by Crippen LogP contribution is -2.30. The number of fused-ring (bicyclic) bond motifs is 1. The summed E-state index contributed by atoms with van der Waals surface area (Å²) in [5.41, 5.74) is 5.92. The van der Waals surface area contributed by atoms with Crippen molar-refractivity contribution in [1.29, 1.82) is 0 Å². The minimum atomic E-state index is -4.24. The standard InChI is InChI=1S/C21H20FN3O5S/c22-20-17-11-16(29-9-8-23)7-6-15(17)10-18(30-13-14-4-2-1-3-5-14)21(20)25-12-19(26)24-31(25,27)28/h1-7,10-11H,8-9,12-13,23H2,(H,24,26). The van der Waals surface area contributed by atoms with E-state index < -0.39 is 28.5 Å². The van der Waals surface area contributed by atoms with E-state index in [0.29, 0.717) is 15.4 Å². The fourth-order valence-corrected chi connectivity index (χ4v) is 4.45. The van der Waals surface area contributed by atoms with E-state index >= 15 is 4.39 Å². The summed E-state index contributed by atoms with van der Waals surface area (Å²) >= 11 is 0. The molecule has 1 aliphatic heterocycles. The Bertz CT molecular complexity index is 1230. The second-order valence-corrected chi connectivity index (χ2v) is 8.46. The third-order valence-electron chi connectivity index (χ3n) is 4.68. The predicted molar refractivity (Wildman–Crippen MR) is 114 cm³/mol. The monoisotopic (exact) mass is 445 g/mol. The number of hydrogen-bond donors (Lipinski definition) is 2. The van der Waals surface area contributed by atoms with E-state index in [1.54, 1.807) is 18.2 Å². The van der Waals surface area contributed by atoms with E-state index in [2.05, 4.69) is 0 Å². The van der Waals surface area contributed by atoms with Crippen molar-refractivity contribution < 1.29 is 27.1 Å².